The van der Waals surface area contributed by atoms with E-state index in [2.05, 4.69) is 0 Å². The van der Waals surface area contributed by atoms with Crippen LogP contribution >= 0.6 is 0 Å². The average Bonchev–Trinajstić information content (AvgIpc) is 1.00. The Kier molecular flexibility index (Phi) is 73.8. The average molecular weight is 407 g/mol. The topological polar surface area (TPSA) is 17.1 Å². The minimum absolute atomic E-state index is 0. The van der Waals surface area contributed by atoms with E-state index in [1.807, 2.05) is 0 Å². The van der Waals surface area contributed by atoms with Crippen molar-refractivity contribution < 1.29 is 61.5 Å². The van der Waals surface area contributed by atoms with Crippen LogP contribution in [0.15, 0.2) is 0 Å². The van der Waals surface area contributed by atoms with Crippen LogP contribution in [0.4, 0.5) is 0 Å². The molecule has 0 heterocycles. The molecule has 4 heavy (non-hydrogen) atoms. The summed E-state index contributed by atoms with van der Waals surface area (Å²) in [5, 5.41) is 0. The first-order valence-electron chi connectivity index (χ1n) is 0.289. The molecule has 0 aromatic heterocycles. The fraction of sp³-hybridized carbons (Fsp3) is 0. The van der Waals surface area contributed by atoms with Gasteiger partial charge in [0.2, 0.25) is 0 Å². The molecule has 0 bridgehead atoms. The van der Waals surface area contributed by atoms with Crippen LogP contribution in [0.25, 0.3) is 0 Å². The Balaban J connectivity index is -0.00000000500. The Morgan fingerprint density at radius 2 is 1.25 bits per heavy atom. The van der Waals surface area contributed by atoms with Crippen molar-refractivity contribution in [2.24, 2.45) is 0 Å². The van der Waals surface area contributed by atoms with Gasteiger partial charge in [0.05, 0.1) is 0 Å². The molecule has 0 amide bonds. The summed E-state index contributed by atoms with van der Waals surface area (Å²) in [7, 11) is 0. The van der Waals surface area contributed by atoms with Crippen molar-refractivity contribution >= 4 is 18.6 Å². The standard InChI is InChI=1S/Ga.La.O.Ta.H. The minimum atomic E-state index is 0. The maximum atomic E-state index is 8.38. The number of rotatable bonds is 0. The van der Waals surface area contributed by atoms with Gasteiger partial charge >= 0.3 is 22.1 Å². The van der Waals surface area contributed by atoms with Crippen molar-refractivity contribution in [1.29, 1.82) is 0 Å². The molecule has 2 radical (unpaired) electrons. The zero-order chi connectivity index (χ0) is 2.00. The van der Waals surface area contributed by atoms with Gasteiger partial charge in [0.15, 0.2) is 0 Å². The van der Waals surface area contributed by atoms with Crippen LogP contribution in [0.2, 0.25) is 0 Å². The monoisotopic (exact) mass is 406 g/mol. The maximum absolute atomic E-state index is 8.38. The normalized spacial score (nSPS) is 0.750. The third kappa shape index (κ3) is 8.84. The van der Waals surface area contributed by atoms with Crippen molar-refractivity contribution in [3.8, 4) is 0 Å². The van der Waals surface area contributed by atoms with Gasteiger partial charge in [-0.2, -0.15) is 0 Å². The summed E-state index contributed by atoms with van der Waals surface area (Å²) in [4.78, 5) is 0. The van der Waals surface area contributed by atoms with Crippen molar-refractivity contribution in [2.75, 3.05) is 0 Å². The molecule has 0 atom stereocenters. The van der Waals surface area contributed by atoms with Crippen LogP contribution in [0, 0.1) is 35.6 Å². The Bertz CT molecular complexity index is 8.00. The molecule has 0 aliphatic rings. The number of hydrogen-bond donors (Lipinski definition) is 0. The molecular weight excluding hydrogens is 406 g/mol. The minimum Gasteiger partial charge on any atom is 0 e. The Hall–Kier alpha value is 2.37. The second kappa shape index (κ2) is 18.3. The molecule has 0 unspecified atom stereocenters. The van der Waals surface area contributed by atoms with Crippen molar-refractivity contribution in [2.45, 2.75) is 0 Å². The van der Waals surface area contributed by atoms with Crippen LogP contribution in [0.5, 0.6) is 0 Å². The molecule has 18 valence electrons. The molecule has 0 aliphatic heterocycles. The van der Waals surface area contributed by atoms with E-state index in [1.165, 1.54) is 0 Å². The molecule has 4 heteroatoms. The van der Waals surface area contributed by atoms with E-state index >= 15 is 0 Å². The molecule has 0 rings (SSSR count). The summed E-state index contributed by atoms with van der Waals surface area (Å²) >= 11 is 0.125. The van der Waals surface area contributed by atoms with E-state index < -0.39 is 0 Å². The van der Waals surface area contributed by atoms with Crippen molar-refractivity contribution in [3.05, 3.63) is 0 Å². The summed E-state index contributed by atoms with van der Waals surface area (Å²) in [5.41, 5.74) is 0. The smallest absolute Gasteiger partial charge is 0 e. The van der Waals surface area contributed by atoms with Crippen LogP contribution in [-0.4, -0.2) is 18.6 Å². The summed E-state index contributed by atoms with van der Waals surface area (Å²) < 4.78 is 8.38. The van der Waals surface area contributed by atoms with Gasteiger partial charge in [-0.25, -0.2) is 0 Å². The molecule has 0 saturated heterocycles. The first kappa shape index (κ1) is 16.2. The van der Waals surface area contributed by atoms with Gasteiger partial charge in [-0.3, -0.25) is 0 Å². The van der Waals surface area contributed by atoms with Crippen LogP contribution in [0.1, 0.15) is 0 Å². The fourth-order valence-corrected chi connectivity index (χ4v) is 0. The predicted octanol–water partition coefficient (Wildman–Crippen LogP) is -0.770. The zero-order valence-corrected chi connectivity index (χ0v) is 11.9. The van der Waals surface area contributed by atoms with E-state index in [1.54, 1.807) is 0 Å². The zero-order valence-electron chi connectivity index (χ0n) is 2.14. The van der Waals surface area contributed by atoms with Crippen LogP contribution in [-0.2, 0) is 25.9 Å². The van der Waals surface area contributed by atoms with E-state index in [-0.39, 0.29) is 76.5 Å². The summed E-state index contributed by atoms with van der Waals surface area (Å²) in [6.07, 6.45) is 0. The second-order valence-corrected chi connectivity index (χ2v) is 0. The molecule has 0 aliphatic carbocycles. The van der Waals surface area contributed by atoms with Gasteiger partial charge in [0.25, 0.3) is 0 Å². The van der Waals surface area contributed by atoms with Crippen LogP contribution < -0.4 is 0 Å². The van der Waals surface area contributed by atoms with Crippen molar-refractivity contribution in [1.82, 2.24) is 0 Å². The summed E-state index contributed by atoms with van der Waals surface area (Å²) in [6.45, 7) is 0. The van der Waals surface area contributed by atoms with Gasteiger partial charge in [-0.1, -0.05) is 0 Å². The first-order valence-corrected chi connectivity index (χ1v) is 1.50. The molecule has 0 fully saturated rings. The van der Waals surface area contributed by atoms with E-state index in [4.69, 9.17) is 3.54 Å². The largest absolute Gasteiger partial charge is 0 e. The quantitative estimate of drug-likeness (QED) is 0.483. The third-order valence-corrected chi connectivity index (χ3v) is 0. The molecule has 0 saturated carbocycles. The Morgan fingerprint density at radius 3 is 1.25 bits per heavy atom. The molecule has 0 aromatic carbocycles. The van der Waals surface area contributed by atoms with Gasteiger partial charge < -0.3 is 0 Å². The van der Waals surface area contributed by atoms with Crippen LogP contribution in [0.3, 0.4) is 0 Å². The predicted molar refractivity (Wildman–Crippen MR) is 7.84 cm³/mol. The van der Waals surface area contributed by atoms with E-state index in [0.717, 1.165) is 0 Å². The Morgan fingerprint density at radius 1 is 1.25 bits per heavy atom. The van der Waals surface area contributed by atoms with Gasteiger partial charge in [-0.05, 0) is 0 Å². The molecular formula is HGaLaOTa. The third-order valence-electron chi connectivity index (χ3n) is 0. The van der Waals surface area contributed by atoms with Gasteiger partial charge in [-0.15, -0.1) is 0 Å². The van der Waals surface area contributed by atoms with Gasteiger partial charge in [0, 0.05) is 58.0 Å². The molecule has 0 N–H and O–H groups in total. The second-order valence-electron chi connectivity index (χ2n) is 0. The van der Waals surface area contributed by atoms with Crippen molar-refractivity contribution in [3.63, 3.8) is 0 Å². The number of hydrogen-bond acceptors (Lipinski definition) is 1. The van der Waals surface area contributed by atoms with E-state index in [0.29, 0.717) is 0 Å². The fourth-order valence-electron chi connectivity index (χ4n) is 0. The molecule has 1 nitrogen and oxygen atoms in total. The summed E-state index contributed by atoms with van der Waals surface area (Å²) in [5.74, 6) is 0. The Labute approximate surface area is 78.6 Å². The van der Waals surface area contributed by atoms with Gasteiger partial charge in [0.1, 0.15) is 0 Å². The SMILES string of the molecule is [La].[O]=[GaH].[Ta]. The maximum Gasteiger partial charge on any atom is 0 e. The molecule has 0 spiro atoms. The summed E-state index contributed by atoms with van der Waals surface area (Å²) in [6, 6.07) is 0. The van der Waals surface area contributed by atoms with E-state index in [9.17, 15) is 0 Å². The first-order chi connectivity index (χ1) is 1.00. The molecule has 0 aromatic rings.